The molecule has 5 rings (SSSR count). The van der Waals surface area contributed by atoms with Crippen LogP contribution in [0.25, 0.3) is 11.5 Å². The van der Waals surface area contributed by atoms with Crippen molar-refractivity contribution in [1.82, 2.24) is 20.0 Å². The van der Waals surface area contributed by atoms with Crippen LogP contribution in [-0.2, 0) is 4.79 Å². The van der Waals surface area contributed by atoms with Crippen LogP contribution in [0, 0.1) is 5.82 Å². The summed E-state index contributed by atoms with van der Waals surface area (Å²) in [5, 5.41) is 4.06. The lowest BCUT2D eigenvalue weighted by atomic mass is 9.95. The highest BCUT2D eigenvalue weighted by Gasteiger charge is 2.39. The Balaban J connectivity index is 1.22. The summed E-state index contributed by atoms with van der Waals surface area (Å²) in [6.45, 7) is 2.09. The summed E-state index contributed by atoms with van der Waals surface area (Å²) in [5.74, 6) is 0.921. The van der Waals surface area contributed by atoms with Crippen molar-refractivity contribution >= 4 is 11.6 Å². The molecule has 30 heavy (non-hydrogen) atoms. The first kappa shape index (κ1) is 18.9. The quantitative estimate of drug-likeness (QED) is 0.661. The summed E-state index contributed by atoms with van der Waals surface area (Å²) < 4.78 is 19.6. The third-order valence-corrected chi connectivity index (χ3v) is 5.98. The fraction of sp³-hybridized carbons (Fsp3) is 0.364. The van der Waals surface area contributed by atoms with Crippen molar-refractivity contribution in [2.75, 3.05) is 24.5 Å². The molecule has 1 atom stereocenters. The molecule has 1 amide bonds. The lowest BCUT2D eigenvalue weighted by molar-refractivity contribution is -0.122. The van der Waals surface area contributed by atoms with E-state index in [0.717, 1.165) is 25.9 Å². The number of likely N-dealkylation sites (tertiary alicyclic amines) is 1. The summed E-state index contributed by atoms with van der Waals surface area (Å²) in [6.07, 6.45) is 4.09. The van der Waals surface area contributed by atoms with Crippen LogP contribution < -0.4 is 4.90 Å². The molecule has 2 aliphatic heterocycles. The third kappa shape index (κ3) is 3.47. The first-order valence-electron chi connectivity index (χ1n) is 10.3. The molecule has 2 aromatic heterocycles. The second kappa shape index (κ2) is 7.95. The van der Waals surface area contributed by atoms with Gasteiger partial charge in [0.15, 0.2) is 0 Å². The van der Waals surface area contributed by atoms with Crippen molar-refractivity contribution in [2.24, 2.45) is 0 Å². The molecule has 154 valence electrons. The molecule has 0 radical (unpaired) electrons. The molecular formula is C22H22FN5O2. The Morgan fingerprint density at radius 2 is 1.80 bits per heavy atom. The van der Waals surface area contributed by atoms with Crippen LogP contribution in [0.15, 0.2) is 53.2 Å². The molecule has 0 saturated carbocycles. The van der Waals surface area contributed by atoms with Gasteiger partial charge in [-0.2, -0.15) is 4.98 Å². The minimum absolute atomic E-state index is 0.0196. The molecule has 2 saturated heterocycles. The van der Waals surface area contributed by atoms with Gasteiger partial charge in [0, 0.05) is 18.7 Å². The van der Waals surface area contributed by atoms with E-state index in [1.807, 2.05) is 18.2 Å². The number of piperidine rings is 1. The van der Waals surface area contributed by atoms with Crippen molar-refractivity contribution in [3.8, 4) is 11.5 Å². The Morgan fingerprint density at radius 1 is 1.00 bits per heavy atom. The number of aromatic nitrogens is 3. The summed E-state index contributed by atoms with van der Waals surface area (Å²) in [7, 11) is 0. The molecule has 8 heteroatoms. The van der Waals surface area contributed by atoms with Crippen LogP contribution in [0.2, 0.25) is 0 Å². The van der Waals surface area contributed by atoms with Crippen LogP contribution in [0.3, 0.4) is 0 Å². The number of benzene rings is 1. The first-order valence-corrected chi connectivity index (χ1v) is 10.3. The summed E-state index contributed by atoms with van der Waals surface area (Å²) in [4.78, 5) is 25.5. The van der Waals surface area contributed by atoms with Gasteiger partial charge in [0.05, 0.1) is 11.7 Å². The lowest BCUT2D eigenvalue weighted by Gasteiger charge is -2.33. The molecule has 4 heterocycles. The van der Waals surface area contributed by atoms with E-state index in [1.54, 1.807) is 29.3 Å². The fourth-order valence-electron chi connectivity index (χ4n) is 4.37. The zero-order chi connectivity index (χ0) is 20.5. The lowest BCUT2D eigenvalue weighted by Crippen LogP contribution is -2.45. The largest absolute Gasteiger partial charge is 0.339 e. The molecule has 0 N–H and O–H groups in total. The number of hydrogen-bond donors (Lipinski definition) is 0. The highest BCUT2D eigenvalue weighted by molar-refractivity contribution is 5.99. The number of hydrogen-bond acceptors (Lipinski definition) is 6. The average Bonchev–Trinajstić information content (AvgIpc) is 3.42. The number of rotatable bonds is 4. The summed E-state index contributed by atoms with van der Waals surface area (Å²) in [6, 6.07) is 11.8. The van der Waals surface area contributed by atoms with Gasteiger partial charge in [0.2, 0.25) is 17.6 Å². The van der Waals surface area contributed by atoms with E-state index in [-0.39, 0.29) is 23.7 Å². The monoisotopic (exact) mass is 407 g/mol. The van der Waals surface area contributed by atoms with Gasteiger partial charge in [-0.25, -0.2) is 4.39 Å². The number of amides is 1. The fourth-order valence-corrected chi connectivity index (χ4v) is 4.37. The molecule has 0 bridgehead atoms. The molecule has 2 aliphatic rings. The van der Waals surface area contributed by atoms with Crippen molar-refractivity contribution < 1.29 is 13.7 Å². The molecular weight excluding hydrogens is 385 g/mol. The van der Waals surface area contributed by atoms with E-state index in [9.17, 15) is 9.18 Å². The van der Waals surface area contributed by atoms with Crippen LogP contribution in [-0.4, -0.2) is 51.6 Å². The van der Waals surface area contributed by atoms with Crippen LogP contribution in [0.1, 0.15) is 31.1 Å². The molecule has 0 spiro atoms. The zero-order valence-electron chi connectivity index (χ0n) is 16.4. The maximum atomic E-state index is 14.1. The predicted molar refractivity (Wildman–Crippen MR) is 108 cm³/mol. The van der Waals surface area contributed by atoms with Gasteiger partial charge in [-0.15, -0.1) is 0 Å². The smallest absolute Gasteiger partial charge is 0.244 e. The number of nitrogens with zero attached hydrogens (tertiary/aromatic N) is 5. The van der Waals surface area contributed by atoms with Crippen molar-refractivity contribution in [2.45, 2.75) is 31.2 Å². The standard InChI is InChI=1S/C22H22FN5O2/c23-16-5-1-2-7-18(16)28-14-10-19(22(28)29)27-12-8-15(9-13-27)21-25-20(26-30-21)17-6-3-4-11-24-17/h1-7,11,15,19H,8-10,12-14H2. The Labute approximate surface area is 173 Å². The minimum atomic E-state index is -0.356. The number of carbonyl (C=O) groups excluding carboxylic acids is 1. The second-order valence-corrected chi connectivity index (χ2v) is 7.73. The van der Waals surface area contributed by atoms with E-state index in [4.69, 9.17) is 4.52 Å². The Morgan fingerprint density at radius 3 is 2.57 bits per heavy atom. The van der Waals surface area contributed by atoms with Gasteiger partial charge >= 0.3 is 0 Å². The van der Waals surface area contributed by atoms with Crippen LogP contribution >= 0.6 is 0 Å². The van der Waals surface area contributed by atoms with E-state index in [2.05, 4.69) is 20.0 Å². The molecule has 3 aromatic rings. The molecule has 7 nitrogen and oxygen atoms in total. The van der Waals surface area contributed by atoms with Crippen molar-refractivity contribution in [1.29, 1.82) is 0 Å². The van der Waals surface area contributed by atoms with E-state index < -0.39 is 0 Å². The van der Waals surface area contributed by atoms with Crippen molar-refractivity contribution in [3.05, 3.63) is 60.4 Å². The second-order valence-electron chi connectivity index (χ2n) is 7.73. The molecule has 2 fully saturated rings. The minimum Gasteiger partial charge on any atom is -0.339 e. The first-order chi connectivity index (χ1) is 14.7. The third-order valence-electron chi connectivity index (χ3n) is 5.98. The number of pyridine rings is 1. The number of para-hydroxylation sites is 1. The molecule has 1 unspecified atom stereocenters. The normalized spacial score (nSPS) is 20.8. The SMILES string of the molecule is O=C1C(N2CCC(c3nc(-c4ccccn4)no3)CC2)CCN1c1ccccc1F. The molecule has 0 aliphatic carbocycles. The number of anilines is 1. The van der Waals surface area contributed by atoms with Crippen LogP contribution in [0.4, 0.5) is 10.1 Å². The predicted octanol–water partition coefficient (Wildman–Crippen LogP) is 3.26. The van der Waals surface area contributed by atoms with Gasteiger partial charge in [0.25, 0.3) is 0 Å². The Kier molecular flexibility index (Phi) is 5.00. The van der Waals surface area contributed by atoms with Gasteiger partial charge < -0.3 is 9.42 Å². The van der Waals surface area contributed by atoms with Crippen LogP contribution in [0.5, 0.6) is 0 Å². The van der Waals surface area contributed by atoms with Gasteiger partial charge in [-0.05, 0) is 56.6 Å². The van der Waals surface area contributed by atoms with Gasteiger partial charge in [0.1, 0.15) is 11.5 Å². The maximum absolute atomic E-state index is 14.1. The van der Waals surface area contributed by atoms with E-state index in [0.29, 0.717) is 36.1 Å². The number of carbonyl (C=O) groups is 1. The van der Waals surface area contributed by atoms with E-state index in [1.165, 1.54) is 6.07 Å². The Hall–Kier alpha value is -3.13. The highest BCUT2D eigenvalue weighted by atomic mass is 19.1. The van der Waals surface area contributed by atoms with Crippen molar-refractivity contribution in [3.63, 3.8) is 0 Å². The summed E-state index contributed by atoms with van der Waals surface area (Å²) in [5.41, 5.74) is 1.06. The number of halogens is 1. The van der Waals surface area contributed by atoms with E-state index >= 15 is 0 Å². The van der Waals surface area contributed by atoms with Gasteiger partial charge in [-0.1, -0.05) is 23.4 Å². The topological polar surface area (TPSA) is 75.4 Å². The average molecular weight is 407 g/mol. The van der Waals surface area contributed by atoms with Gasteiger partial charge in [-0.3, -0.25) is 14.7 Å². The molecule has 1 aromatic carbocycles. The Bertz CT molecular complexity index is 1030. The highest BCUT2D eigenvalue weighted by Crippen LogP contribution is 2.32. The maximum Gasteiger partial charge on any atom is 0.244 e. The summed E-state index contributed by atoms with van der Waals surface area (Å²) >= 11 is 0. The zero-order valence-corrected chi connectivity index (χ0v) is 16.4.